The van der Waals surface area contributed by atoms with Gasteiger partial charge in [0.1, 0.15) is 0 Å². The molecule has 0 unspecified atom stereocenters. The first-order chi connectivity index (χ1) is 9.31. The van der Waals surface area contributed by atoms with Gasteiger partial charge in [-0.05, 0) is 35.1 Å². The number of aromatic nitrogens is 1. The number of H-pyrrole nitrogens is 1. The molecule has 0 amide bonds. The summed E-state index contributed by atoms with van der Waals surface area (Å²) >= 11 is 0. The monoisotopic (exact) mass is 273 g/mol. The zero-order valence-corrected chi connectivity index (χ0v) is 12.2. The van der Waals surface area contributed by atoms with E-state index in [0.29, 0.717) is 10.9 Å². The third-order valence-electron chi connectivity index (χ3n) is 3.48. The number of aromatic amines is 1. The first-order valence-electron chi connectivity index (χ1n) is 6.75. The lowest BCUT2D eigenvalue weighted by molar-refractivity contribution is 0.468. The molecule has 1 aromatic carbocycles. The van der Waals surface area contributed by atoms with Crippen molar-refractivity contribution in [3.63, 3.8) is 0 Å². The molecule has 1 heterocycles. The smallest absolute Gasteiger partial charge is 0.290 e. The summed E-state index contributed by atoms with van der Waals surface area (Å²) in [5.41, 5.74) is 1.66. The number of rotatable bonds is 2. The summed E-state index contributed by atoms with van der Waals surface area (Å²) in [6.07, 6.45) is 0. The number of hydrogen-bond acceptors (Lipinski definition) is 3. The molecule has 0 aliphatic rings. The van der Waals surface area contributed by atoms with E-state index in [1.807, 2.05) is 12.1 Å². The topological polar surface area (TPSA) is 70.2 Å². The van der Waals surface area contributed by atoms with Gasteiger partial charge in [0, 0.05) is 11.5 Å². The minimum absolute atomic E-state index is 0.280. The second-order valence-corrected chi connectivity index (χ2v) is 5.68. The van der Waals surface area contributed by atoms with Crippen LogP contribution in [0.5, 0.6) is 5.75 Å². The maximum absolute atomic E-state index is 12.1. The van der Waals surface area contributed by atoms with Gasteiger partial charge >= 0.3 is 0 Å². The lowest BCUT2D eigenvalue weighted by Crippen LogP contribution is -2.04. The predicted molar refractivity (Wildman–Crippen MR) is 80.7 cm³/mol. The van der Waals surface area contributed by atoms with E-state index in [2.05, 4.69) is 32.7 Å². The van der Waals surface area contributed by atoms with E-state index in [0.717, 1.165) is 17.2 Å². The van der Waals surface area contributed by atoms with Crippen LogP contribution in [-0.4, -0.2) is 10.1 Å². The van der Waals surface area contributed by atoms with E-state index in [4.69, 9.17) is 0 Å². The van der Waals surface area contributed by atoms with Gasteiger partial charge in [0.2, 0.25) is 0 Å². The average molecular weight is 273 g/mol. The maximum atomic E-state index is 12.1. The van der Waals surface area contributed by atoms with Crippen LogP contribution in [0, 0.1) is 0 Å². The third-order valence-corrected chi connectivity index (χ3v) is 3.48. The van der Waals surface area contributed by atoms with E-state index < -0.39 is 11.3 Å². The van der Waals surface area contributed by atoms with Crippen LogP contribution in [0.1, 0.15) is 50.7 Å². The highest BCUT2D eigenvalue weighted by atomic mass is 16.3. The van der Waals surface area contributed by atoms with Gasteiger partial charge in [-0.1, -0.05) is 27.7 Å². The fourth-order valence-electron chi connectivity index (χ4n) is 2.39. The molecule has 0 fully saturated rings. The van der Waals surface area contributed by atoms with E-state index in [-0.39, 0.29) is 17.3 Å². The molecule has 2 N–H and O–H groups in total. The highest BCUT2D eigenvalue weighted by Crippen LogP contribution is 2.28. The van der Waals surface area contributed by atoms with Gasteiger partial charge in [0.25, 0.3) is 5.56 Å². The van der Waals surface area contributed by atoms with Crippen LogP contribution in [0.2, 0.25) is 0 Å². The Morgan fingerprint density at radius 3 is 2.05 bits per heavy atom. The SMILES string of the molecule is CC(C)c1cc2[nH]c(=O)c(O)cc(=O)c2cc1C(C)C. The predicted octanol–water partition coefficient (Wildman–Crippen LogP) is 2.84. The molecular weight excluding hydrogens is 254 g/mol. The van der Waals surface area contributed by atoms with Crippen LogP contribution in [0.3, 0.4) is 0 Å². The summed E-state index contributed by atoms with van der Waals surface area (Å²) in [5.74, 6) is 0.0138. The number of hydrogen-bond donors (Lipinski definition) is 2. The second-order valence-electron chi connectivity index (χ2n) is 5.68. The molecule has 106 valence electrons. The van der Waals surface area contributed by atoms with E-state index in [1.54, 1.807) is 0 Å². The molecule has 0 aliphatic carbocycles. The number of benzene rings is 1. The summed E-state index contributed by atoms with van der Waals surface area (Å²) in [6.45, 7) is 8.29. The Kier molecular flexibility index (Phi) is 3.66. The van der Waals surface area contributed by atoms with E-state index >= 15 is 0 Å². The second kappa shape index (κ2) is 5.12. The molecule has 0 saturated carbocycles. The maximum Gasteiger partial charge on any atom is 0.290 e. The highest BCUT2D eigenvalue weighted by Gasteiger charge is 2.13. The summed E-state index contributed by atoms with van der Waals surface area (Å²) in [5, 5.41) is 9.91. The molecule has 0 bridgehead atoms. The van der Waals surface area contributed by atoms with Gasteiger partial charge in [-0.25, -0.2) is 0 Å². The minimum Gasteiger partial charge on any atom is -0.503 e. The Bertz CT molecular complexity index is 773. The van der Waals surface area contributed by atoms with Gasteiger partial charge in [-0.2, -0.15) is 0 Å². The number of fused-ring (bicyclic) bond motifs is 1. The van der Waals surface area contributed by atoms with Gasteiger partial charge in [-0.15, -0.1) is 0 Å². The Morgan fingerprint density at radius 1 is 0.950 bits per heavy atom. The Labute approximate surface area is 117 Å². The Balaban J connectivity index is 2.99. The fraction of sp³-hybridized carbons (Fsp3) is 0.375. The largest absolute Gasteiger partial charge is 0.503 e. The van der Waals surface area contributed by atoms with Gasteiger partial charge in [0.15, 0.2) is 11.2 Å². The standard InChI is InChI=1S/C16H19NO3/c1-8(2)10-5-12-13(6-11(10)9(3)4)17-16(20)15(19)7-14(12)18/h5-9,19H,1-4H3,(H,17,20). The first-order valence-corrected chi connectivity index (χ1v) is 6.75. The van der Waals surface area contributed by atoms with Crippen LogP contribution in [0.15, 0.2) is 27.8 Å². The molecule has 2 aromatic rings. The fourth-order valence-corrected chi connectivity index (χ4v) is 2.39. The molecule has 4 heteroatoms. The van der Waals surface area contributed by atoms with Gasteiger partial charge < -0.3 is 10.1 Å². The lowest BCUT2D eigenvalue weighted by atomic mass is 9.89. The van der Waals surface area contributed by atoms with E-state index in [1.165, 1.54) is 0 Å². The van der Waals surface area contributed by atoms with Crippen molar-refractivity contribution in [3.8, 4) is 5.75 Å². The van der Waals surface area contributed by atoms with Crippen LogP contribution in [-0.2, 0) is 0 Å². The van der Waals surface area contributed by atoms with Crippen molar-refractivity contribution in [1.82, 2.24) is 4.98 Å². The number of aromatic hydroxyl groups is 1. The molecule has 0 spiro atoms. The van der Waals surface area contributed by atoms with Crippen molar-refractivity contribution in [2.24, 2.45) is 0 Å². The molecule has 0 atom stereocenters. The van der Waals surface area contributed by atoms with Crippen LogP contribution >= 0.6 is 0 Å². The third kappa shape index (κ3) is 2.46. The minimum atomic E-state index is -0.649. The van der Waals surface area contributed by atoms with Crippen LogP contribution < -0.4 is 11.0 Å². The molecule has 0 aliphatic heterocycles. The molecule has 2 rings (SSSR count). The summed E-state index contributed by atoms with van der Waals surface area (Å²) in [4.78, 5) is 26.3. The van der Waals surface area contributed by atoms with Crippen LogP contribution in [0.4, 0.5) is 0 Å². The Morgan fingerprint density at radius 2 is 1.50 bits per heavy atom. The molecular formula is C16H19NO3. The van der Waals surface area contributed by atoms with Crippen molar-refractivity contribution in [2.45, 2.75) is 39.5 Å². The van der Waals surface area contributed by atoms with Crippen molar-refractivity contribution >= 4 is 10.9 Å². The molecule has 0 saturated heterocycles. The average Bonchev–Trinajstić information content (AvgIpc) is 2.46. The number of nitrogens with one attached hydrogen (secondary N) is 1. The quantitative estimate of drug-likeness (QED) is 0.884. The highest BCUT2D eigenvalue weighted by molar-refractivity contribution is 5.80. The molecule has 0 radical (unpaired) electrons. The van der Waals surface area contributed by atoms with Gasteiger partial charge in [0.05, 0.1) is 5.52 Å². The zero-order chi connectivity index (χ0) is 15.0. The summed E-state index contributed by atoms with van der Waals surface area (Å²) in [6, 6.07) is 4.64. The zero-order valence-electron chi connectivity index (χ0n) is 12.2. The lowest BCUT2D eigenvalue weighted by Gasteiger charge is -2.16. The Hall–Kier alpha value is -2.10. The van der Waals surface area contributed by atoms with Crippen molar-refractivity contribution in [2.75, 3.05) is 0 Å². The first kappa shape index (κ1) is 14.3. The van der Waals surface area contributed by atoms with Gasteiger partial charge in [-0.3, -0.25) is 9.59 Å². The van der Waals surface area contributed by atoms with Crippen molar-refractivity contribution in [3.05, 3.63) is 49.9 Å². The van der Waals surface area contributed by atoms with E-state index in [9.17, 15) is 14.7 Å². The van der Waals surface area contributed by atoms with Crippen LogP contribution in [0.25, 0.3) is 10.9 Å². The molecule has 4 nitrogen and oxygen atoms in total. The molecule has 1 aromatic heterocycles. The van der Waals surface area contributed by atoms with Crippen molar-refractivity contribution < 1.29 is 5.11 Å². The normalized spacial score (nSPS) is 11.5. The van der Waals surface area contributed by atoms with Crippen molar-refractivity contribution in [1.29, 1.82) is 0 Å². The summed E-state index contributed by atoms with van der Waals surface area (Å²) < 4.78 is 0. The molecule has 20 heavy (non-hydrogen) atoms. The summed E-state index contributed by atoms with van der Waals surface area (Å²) in [7, 11) is 0.